The molecule has 0 atom stereocenters. The van der Waals surface area contributed by atoms with E-state index in [9.17, 15) is 9.18 Å². The SMILES string of the molecule is COc1cc(OC)c(C(C)(C)F)cc1C=O. The van der Waals surface area contributed by atoms with Crippen molar-refractivity contribution in [2.45, 2.75) is 19.5 Å². The van der Waals surface area contributed by atoms with Crippen molar-refractivity contribution in [3.05, 3.63) is 23.3 Å². The molecule has 0 aliphatic heterocycles. The van der Waals surface area contributed by atoms with Crippen LogP contribution in [0.5, 0.6) is 11.5 Å². The van der Waals surface area contributed by atoms with Crippen LogP contribution >= 0.6 is 0 Å². The van der Waals surface area contributed by atoms with Crippen LogP contribution in [0.1, 0.15) is 29.8 Å². The Morgan fingerprint density at radius 3 is 2.12 bits per heavy atom. The van der Waals surface area contributed by atoms with Crippen molar-refractivity contribution in [2.75, 3.05) is 14.2 Å². The second kappa shape index (κ2) is 4.51. The molecule has 0 saturated carbocycles. The highest BCUT2D eigenvalue weighted by molar-refractivity contribution is 5.80. The van der Waals surface area contributed by atoms with Crippen molar-refractivity contribution in [3.63, 3.8) is 0 Å². The Hall–Kier alpha value is -1.58. The number of ether oxygens (including phenoxy) is 2. The van der Waals surface area contributed by atoms with Crippen molar-refractivity contribution in [1.82, 2.24) is 0 Å². The average molecular weight is 226 g/mol. The molecular formula is C12H15FO3. The maximum atomic E-state index is 13.9. The molecule has 4 heteroatoms. The predicted octanol–water partition coefficient (Wildman–Crippen LogP) is 2.72. The van der Waals surface area contributed by atoms with Gasteiger partial charge in [0.05, 0.1) is 19.8 Å². The lowest BCUT2D eigenvalue weighted by atomic mass is 9.96. The zero-order valence-electron chi connectivity index (χ0n) is 9.83. The second-order valence-corrected chi connectivity index (χ2v) is 3.88. The van der Waals surface area contributed by atoms with Gasteiger partial charge >= 0.3 is 0 Å². The predicted molar refractivity (Wildman–Crippen MR) is 59.1 cm³/mol. The third kappa shape index (κ3) is 2.32. The quantitative estimate of drug-likeness (QED) is 0.740. The molecule has 0 aromatic heterocycles. The van der Waals surface area contributed by atoms with E-state index in [1.165, 1.54) is 40.2 Å². The minimum atomic E-state index is -1.57. The molecule has 0 heterocycles. The summed E-state index contributed by atoms with van der Waals surface area (Å²) in [7, 11) is 2.90. The van der Waals surface area contributed by atoms with Crippen LogP contribution in [0.4, 0.5) is 4.39 Å². The lowest BCUT2D eigenvalue weighted by molar-refractivity contribution is 0.112. The van der Waals surface area contributed by atoms with Gasteiger partial charge in [-0.05, 0) is 19.9 Å². The van der Waals surface area contributed by atoms with E-state index in [-0.39, 0.29) is 0 Å². The first-order chi connectivity index (χ1) is 7.43. The summed E-state index contributed by atoms with van der Waals surface area (Å²) in [4.78, 5) is 10.8. The lowest BCUT2D eigenvalue weighted by Gasteiger charge is -2.19. The molecule has 0 aliphatic rings. The van der Waals surface area contributed by atoms with Crippen molar-refractivity contribution in [1.29, 1.82) is 0 Å². The van der Waals surface area contributed by atoms with Crippen LogP contribution in [0.2, 0.25) is 0 Å². The molecule has 3 nitrogen and oxygen atoms in total. The van der Waals surface area contributed by atoms with Crippen molar-refractivity contribution < 1.29 is 18.7 Å². The van der Waals surface area contributed by atoms with Gasteiger partial charge in [0.25, 0.3) is 0 Å². The van der Waals surface area contributed by atoms with Crippen LogP contribution in [0.3, 0.4) is 0 Å². The Balaban J connectivity index is 3.43. The summed E-state index contributed by atoms with van der Waals surface area (Å²) in [5, 5.41) is 0. The second-order valence-electron chi connectivity index (χ2n) is 3.88. The Morgan fingerprint density at radius 2 is 1.75 bits per heavy atom. The number of hydrogen-bond donors (Lipinski definition) is 0. The van der Waals surface area contributed by atoms with Gasteiger partial charge in [0, 0.05) is 11.6 Å². The first-order valence-electron chi connectivity index (χ1n) is 4.84. The van der Waals surface area contributed by atoms with Gasteiger partial charge in [0.1, 0.15) is 17.2 Å². The van der Waals surface area contributed by atoms with E-state index in [0.717, 1.165) is 0 Å². The average Bonchev–Trinajstić information content (AvgIpc) is 2.25. The molecule has 0 N–H and O–H groups in total. The Morgan fingerprint density at radius 1 is 1.19 bits per heavy atom. The van der Waals surface area contributed by atoms with Gasteiger partial charge in [-0.2, -0.15) is 0 Å². The van der Waals surface area contributed by atoms with Crippen LogP contribution in [-0.4, -0.2) is 20.5 Å². The summed E-state index contributed by atoms with van der Waals surface area (Å²) in [6.07, 6.45) is 0.632. The van der Waals surface area contributed by atoms with E-state index in [4.69, 9.17) is 9.47 Å². The number of halogens is 1. The topological polar surface area (TPSA) is 35.5 Å². The number of hydrogen-bond acceptors (Lipinski definition) is 3. The van der Waals surface area contributed by atoms with Crippen LogP contribution in [0, 0.1) is 0 Å². The number of aldehydes is 1. The van der Waals surface area contributed by atoms with Gasteiger partial charge in [0.2, 0.25) is 0 Å². The number of carbonyl (C=O) groups is 1. The first kappa shape index (κ1) is 12.5. The summed E-state index contributed by atoms with van der Waals surface area (Å²) < 4.78 is 24.0. The fourth-order valence-corrected chi connectivity index (χ4v) is 1.48. The maximum absolute atomic E-state index is 13.9. The molecule has 0 saturated heterocycles. The minimum Gasteiger partial charge on any atom is -0.496 e. The zero-order chi connectivity index (χ0) is 12.3. The van der Waals surface area contributed by atoms with E-state index in [0.29, 0.717) is 28.9 Å². The molecule has 88 valence electrons. The highest BCUT2D eigenvalue weighted by Crippen LogP contribution is 2.36. The van der Waals surface area contributed by atoms with E-state index in [2.05, 4.69) is 0 Å². The van der Waals surface area contributed by atoms with Gasteiger partial charge in [0.15, 0.2) is 6.29 Å². The summed E-state index contributed by atoms with van der Waals surface area (Å²) >= 11 is 0. The molecule has 0 radical (unpaired) electrons. The molecule has 1 aromatic rings. The molecule has 0 fully saturated rings. The summed E-state index contributed by atoms with van der Waals surface area (Å²) in [5.74, 6) is 0.745. The van der Waals surface area contributed by atoms with Crippen LogP contribution in [0.15, 0.2) is 12.1 Å². The Kier molecular flexibility index (Phi) is 3.52. The zero-order valence-corrected chi connectivity index (χ0v) is 9.83. The molecule has 0 unspecified atom stereocenters. The number of carbonyl (C=O) groups excluding carboxylic acids is 1. The van der Waals surface area contributed by atoms with E-state index in [1.807, 2.05) is 0 Å². The van der Waals surface area contributed by atoms with Crippen LogP contribution in [0.25, 0.3) is 0 Å². The monoisotopic (exact) mass is 226 g/mol. The molecule has 0 bridgehead atoms. The van der Waals surface area contributed by atoms with Gasteiger partial charge in [-0.25, -0.2) is 4.39 Å². The van der Waals surface area contributed by atoms with Crippen molar-refractivity contribution in [3.8, 4) is 11.5 Å². The summed E-state index contributed by atoms with van der Waals surface area (Å²) in [5.41, 5.74) is -0.933. The molecular weight excluding hydrogens is 211 g/mol. The highest BCUT2D eigenvalue weighted by atomic mass is 19.1. The first-order valence-corrected chi connectivity index (χ1v) is 4.84. The molecule has 16 heavy (non-hydrogen) atoms. The molecule has 0 amide bonds. The van der Waals surface area contributed by atoms with E-state index >= 15 is 0 Å². The number of alkyl halides is 1. The number of rotatable bonds is 4. The number of methoxy groups -OCH3 is 2. The third-order valence-corrected chi connectivity index (χ3v) is 2.32. The smallest absolute Gasteiger partial charge is 0.153 e. The fourth-order valence-electron chi connectivity index (χ4n) is 1.48. The normalized spacial score (nSPS) is 11.1. The Bertz CT molecular complexity index is 394. The number of benzene rings is 1. The molecule has 0 aliphatic carbocycles. The van der Waals surface area contributed by atoms with Crippen molar-refractivity contribution >= 4 is 6.29 Å². The molecule has 0 spiro atoms. The largest absolute Gasteiger partial charge is 0.496 e. The van der Waals surface area contributed by atoms with Crippen LogP contribution in [-0.2, 0) is 5.67 Å². The van der Waals surface area contributed by atoms with E-state index in [1.54, 1.807) is 0 Å². The maximum Gasteiger partial charge on any atom is 0.153 e. The highest BCUT2D eigenvalue weighted by Gasteiger charge is 2.25. The van der Waals surface area contributed by atoms with Crippen LogP contribution < -0.4 is 9.47 Å². The lowest BCUT2D eigenvalue weighted by Crippen LogP contribution is -2.12. The van der Waals surface area contributed by atoms with E-state index < -0.39 is 5.67 Å². The Labute approximate surface area is 94.2 Å². The fraction of sp³-hybridized carbons (Fsp3) is 0.417. The van der Waals surface area contributed by atoms with Crippen molar-refractivity contribution in [2.24, 2.45) is 0 Å². The summed E-state index contributed by atoms with van der Waals surface area (Å²) in [6.45, 7) is 2.82. The molecule has 1 aromatic carbocycles. The third-order valence-electron chi connectivity index (χ3n) is 2.32. The standard InChI is InChI=1S/C12H15FO3/c1-12(2,13)9-5-8(7-14)10(15-3)6-11(9)16-4/h5-7H,1-4H3. The van der Waals surface area contributed by atoms with Gasteiger partial charge in [-0.15, -0.1) is 0 Å². The van der Waals surface area contributed by atoms with Gasteiger partial charge in [-0.1, -0.05) is 0 Å². The van der Waals surface area contributed by atoms with Gasteiger partial charge < -0.3 is 9.47 Å². The van der Waals surface area contributed by atoms with Gasteiger partial charge in [-0.3, -0.25) is 4.79 Å². The summed E-state index contributed by atoms with van der Waals surface area (Å²) in [6, 6.07) is 2.96. The minimum absolute atomic E-state index is 0.309. The molecule has 1 rings (SSSR count).